The molecule has 28 heavy (non-hydrogen) atoms. The van der Waals surface area contributed by atoms with Crippen LogP contribution in [-0.2, 0) is 4.79 Å². The minimum Gasteiger partial charge on any atom is -0.494 e. The van der Waals surface area contributed by atoms with Gasteiger partial charge in [0.1, 0.15) is 11.5 Å². The topological polar surface area (TPSA) is 88.7 Å². The number of thiocarbonyl (C=S) groups is 1. The third-order valence-corrected chi connectivity index (χ3v) is 4.03. The van der Waals surface area contributed by atoms with Gasteiger partial charge in [-0.2, -0.15) is 0 Å². The molecule has 0 aliphatic carbocycles. The van der Waals surface area contributed by atoms with Crippen LogP contribution in [-0.4, -0.2) is 30.1 Å². The van der Waals surface area contributed by atoms with E-state index in [0.29, 0.717) is 23.7 Å². The van der Waals surface area contributed by atoms with Gasteiger partial charge in [-0.1, -0.05) is 28.9 Å². The zero-order chi connectivity index (χ0) is 20.4. The summed E-state index contributed by atoms with van der Waals surface area (Å²) in [6.45, 7) is 2.36. The Balaban J connectivity index is 1.74. The molecule has 0 bridgehead atoms. The first-order valence-corrected chi connectivity index (χ1v) is 9.69. The number of rotatable bonds is 7. The minimum absolute atomic E-state index is 0.0399. The SMILES string of the molecule is CCCOc1cccc(C(=O)NC(=S)NNC(=O)COc2ccc(Br)cc2)c1. The number of halogens is 1. The predicted octanol–water partition coefficient (Wildman–Crippen LogP) is 2.95. The van der Waals surface area contributed by atoms with Crippen molar-refractivity contribution in [2.24, 2.45) is 0 Å². The fourth-order valence-electron chi connectivity index (χ4n) is 2.00. The second-order valence-corrected chi connectivity index (χ2v) is 6.90. The summed E-state index contributed by atoms with van der Waals surface area (Å²) in [7, 11) is 0. The zero-order valence-corrected chi connectivity index (χ0v) is 17.6. The van der Waals surface area contributed by atoms with E-state index in [9.17, 15) is 9.59 Å². The van der Waals surface area contributed by atoms with Crippen molar-refractivity contribution in [3.05, 3.63) is 58.6 Å². The second-order valence-electron chi connectivity index (χ2n) is 5.58. The Labute approximate surface area is 176 Å². The maximum Gasteiger partial charge on any atom is 0.276 e. The van der Waals surface area contributed by atoms with Crippen molar-refractivity contribution >= 4 is 45.1 Å². The van der Waals surface area contributed by atoms with Gasteiger partial charge in [-0.05, 0) is 61.1 Å². The molecule has 0 aliphatic rings. The van der Waals surface area contributed by atoms with Gasteiger partial charge in [0.25, 0.3) is 11.8 Å². The monoisotopic (exact) mass is 465 g/mol. The van der Waals surface area contributed by atoms with Crippen molar-refractivity contribution in [3.8, 4) is 11.5 Å². The van der Waals surface area contributed by atoms with Crippen LogP contribution in [0.25, 0.3) is 0 Å². The van der Waals surface area contributed by atoms with Gasteiger partial charge in [0.05, 0.1) is 6.61 Å². The molecule has 2 aromatic rings. The van der Waals surface area contributed by atoms with E-state index >= 15 is 0 Å². The normalized spacial score (nSPS) is 9.93. The van der Waals surface area contributed by atoms with Crippen molar-refractivity contribution < 1.29 is 19.1 Å². The van der Waals surface area contributed by atoms with Gasteiger partial charge in [0, 0.05) is 10.0 Å². The van der Waals surface area contributed by atoms with Crippen LogP contribution in [0.1, 0.15) is 23.7 Å². The molecule has 148 valence electrons. The molecule has 0 unspecified atom stereocenters. The number of amides is 2. The molecule has 0 radical (unpaired) electrons. The van der Waals surface area contributed by atoms with Crippen LogP contribution in [0.5, 0.6) is 11.5 Å². The fraction of sp³-hybridized carbons (Fsp3) is 0.211. The predicted molar refractivity (Wildman–Crippen MR) is 113 cm³/mol. The van der Waals surface area contributed by atoms with Crippen molar-refractivity contribution in [1.82, 2.24) is 16.2 Å². The molecular formula is C19H20BrN3O4S. The highest BCUT2D eigenvalue weighted by Gasteiger charge is 2.10. The molecule has 0 spiro atoms. The fourth-order valence-corrected chi connectivity index (χ4v) is 2.40. The highest BCUT2D eigenvalue weighted by atomic mass is 79.9. The van der Waals surface area contributed by atoms with Gasteiger partial charge < -0.3 is 9.47 Å². The maximum absolute atomic E-state index is 12.2. The molecule has 0 heterocycles. The lowest BCUT2D eigenvalue weighted by Gasteiger charge is -2.12. The summed E-state index contributed by atoms with van der Waals surface area (Å²) in [6, 6.07) is 13.8. The summed E-state index contributed by atoms with van der Waals surface area (Å²) < 4.78 is 11.7. The molecule has 0 aliphatic heterocycles. The summed E-state index contributed by atoms with van der Waals surface area (Å²) >= 11 is 8.33. The van der Waals surface area contributed by atoms with Crippen LogP contribution >= 0.6 is 28.1 Å². The number of hydrazine groups is 1. The van der Waals surface area contributed by atoms with E-state index in [1.165, 1.54) is 0 Å². The van der Waals surface area contributed by atoms with Crippen LogP contribution in [0, 0.1) is 0 Å². The maximum atomic E-state index is 12.2. The Hall–Kier alpha value is -2.65. The number of hydrogen-bond donors (Lipinski definition) is 3. The van der Waals surface area contributed by atoms with Crippen LogP contribution in [0.15, 0.2) is 53.0 Å². The lowest BCUT2D eigenvalue weighted by Crippen LogP contribution is -2.49. The average Bonchev–Trinajstić information content (AvgIpc) is 2.70. The molecule has 0 atom stereocenters. The number of carbonyl (C=O) groups excluding carboxylic acids is 2. The Morgan fingerprint density at radius 1 is 1.04 bits per heavy atom. The van der Waals surface area contributed by atoms with E-state index in [4.69, 9.17) is 21.7 Å². The molecule has 0 aromatic heterocycles. The van der Waals surface area contributed by atoms with E-state index in [1.54, 1.807) is 48.5 Å². The van der Waals surface area contributed by atoms with Gasteiger partial charge in [0.2, 0.25) is 0 Å². The highest BCUT2D eigenvalue weighted by molar-refractivity contribution is 9.10. The van der Waals surface area contributed by atoms with E-state index in [2.05, 4.69) is 32.1 Å². The second kappa shape index (κ2) is 11.3. The number of nitrogens with one attached hydrogen (secondary N) is 3. The summed E-state index contributed by atoms with van der Waals surface area (Å²) in [5, 5.41) is 2.44. The molecular weight excluding hydrogens is 446 g/mol. The molecule has 2 rings (SSSR count). The minimum atomic E-state index is -0.450. The van der Waals surface area contributed by atoms with Crippen molar-refractivity contribution in [1.29, 1.82) is 0 Å². The van der Waals surface area contributed by atoms with Gasteiger partial charge in [-0.15, -0.1) is 0 Å². The lowest BCUT2D eigenvalue weighted by atomic mass is 10.2. The Morgan fingerprint density at radius 3 is 2.50 bits per heavy atom. The molecule has 0 saturated carbocycles. The van der Waals surface area contributed by atoms with Crippen molar-refractivity contribution in [2.75, 3.05) is 13.2 Å². The molecule has 2 amide bonds. The Bertz CT molecular complexity index is 830. The van der Waals surface area contributed by atoms with E-state index < -0.39 is 11.8 Å². The number of benzene rings is 2. The first-order valence-electron chi connectivity index (χ1n) is 8.49. The van der Waals surface area contributed by atoms with Gasteiger partial charge in [-0.25, -0.2) is 0 Å². The lowest BCUT2D eigenvalue weighted by molar-refractivity contribution is -0.123. The van der Waals surface area contributed by atoms with Crippen LogP contribution < -0.4 is 25.6 Å². The average molecular weight is 466 g/mol. The van der Waals surface area contributed by atoms with Gasteiger partial charge in [0.15, 0.2) is 11.7 Å². The molecule has 7 nitrogen and oxygen atoms in total. The molecule has 9 heteroatoms. The first kappa shape index (κ1) is 21.6. The largest absolute Gasteiger partial charge is 0.494 e. The van der Waals surface area contributed by atoms with Gasteiger partial charge in [-0.3, -0.25) is 25.8 Å². The Morgan fingerprint density at radius 2 is 1.79 bits per heavy atom. The third kappa shape index (κ3) is 7.53. The van der Waals surface area contributed by atoms with Crippen LogP contribution in [0.2, 0.25) is 0 Å². The first-order chi connectivity index (χ1) is 13.5. The van der Waals surface area contributed by atoms with Gasteiger partial charge >= 0.3 is 0 Å². The summed E-state index contributed by atoms with van der Waals surface area (Å²) in [4.78, 5) is 24.0. The summed E-state index contributed by atoms with van der Waals surface area (Å²) in [5.74, 6) is 0.292. The van der Waals surface area contributed by atoms with E-state index in [0.717, 1.165) is 10.9 Å². The Kier molecular flexibility index (Phi) is 8.70. The highest BCUT2D eigenvalue weighted by Crippen LogP contribution is 2.16. The molecule has 3 N–H and O–H groups in total. The van der Waals surface area contributed by atoms with Crippen LogP contribution in [0.4, 0.5) is 0 Å². The molecule has 2 aromatic carbocycles. The number of ether oxygens (including phenoxy) is 2. The standard InChI is InChI=1S/C19H20BrN3O4S/c1-2-10-26-16-5-3-4-13(11-16)18(25)21-19(28)23-22-17(24)12-27-15-8-6-14(20)7-9-15/h3-9,11H,2,10,12H2,1H3,(H,22,24)(H2,21,23,25,28). The quantitative estimate of drug-likeness (QED) is 0.430. The zero-order valence-electron chi connectivity index (χ0n) is 15.2. The molecule has 0 fully saturated rings. The van der Waals surface area contributed by atoms with Crippen molar-refractivity contribution in [3.63, 3.8) is 0 Å². The number of hydrogen-bond acceptors (Lipinski definition) is 5. The van der Waals surface area contributed by atoms with Crippen molar-refractivity contribution in [2.45, 2.75) is 13.3 Å². The third-order valence-electron chi connectivity index (χ3n) is 3.30. The number of carbonyl (C=O) groups is 2. The molecule has 0 saturated heterocycles. The smallest absolute Gasteiger partial charge is 0.276 e. The summed E-state index contributed by atoms with van der Waals surface area (Å²) in [6.07, 6.45) is 0.871. The summed E-state index contributed by atoms with van der Waals surface area (Å²) in [5.41, 5.74) is 5.21. The van der Waals surface area contributed by atoms with E-state index in [1.807, 2.05) is 6.92 Å². The van der Waals surface area contributed by atoms with Crippen LogP contribution in [0.3, 0.4) is 0 Å². The van der Waals surface area contributed by atoms with E-state index in [-0.39, 0.29) is 11.7 Å².